The fourth-order valence-electron chi connectivity index (χ4n) is 0.910. The Balaban J connectivity index is 2.89. The normalized spacial score (nSPS) is 11.2. The van der Waals surface area contributed by atoms with Gasteiger partial charge in [0.1, 0.15) is 5.15 Å². The number of anilines is 1. The molecule has 0 aliphatic rings. The SMILES string of the molecule is CN(/C(N)=C/[N+](=O)[O-])c1ccc(Cl)nc1. The molecular weight excluding hydrogens is 220 g/mol. The lowest BCUT2D eigenvalue weighted by Crippen LogP contribution is -2.23. The zero-order valence-corrected chi connectivity index (χ0v) is 8.68. The van der Waals surface area contributed by atoms with Crippen LogP contribution in [-0.2, 0) is 0 Å². The molecule has 1 rings (SSSR count). The molecule has 0 aliphatic carbocycles. The van der Waals surface area contributed by atoms with Gasteiger partial charge >= 0.3 is 0 Å². The van der Waals surface area contributed by atoms with Gasteiger partial charge < -0.3 is 10.6 Å². The average molecular weight is 229 g/mol. The molecular formula is C8H9ClN4O2. The summed E-state index contributed by atoms with van der Waals surface area (Å²) in [7, 11) is 1.60. The summed E-state index contributed by atoms with van der Waals surface area (Å²) in [5.74, 6) is 0.0177. The van der Waals surface area contributed by atoms with Crippen LogP contribution < -0.4 is 10.6 Å². The van der Waals surface area contributed by atoms with Crippen LogP contribution in [0.5, 0.6) is 0 Å². The van der Waals surface area contributed by atoms with Crippen molar-refractivity contribution in [2.45, 2.75) is 0 Å². The van der Waals surface area contributed by atoms with Crippen molar-refractivity contribution in [3.63, 3.8) is 0 Å². The molecule has 0 spiro atoms. The Kier molecular flexibility index (Phi) is 3.46. The van der Waals surface area contributed by atoms with Gasteiger partial charge in [-0.1, -0.05) is 11.6 Å². The van der Waals surface area contributed by atoms with Crippen molar-refractivity contribution in [2.24, 2.45) is 5.73 Å². The van der Waals surface area contributed by atoms with E-state index >= 15 is 0 Å². The minimum atomic E-state index is -0.616. The van der Waals surface area contributed by atoms with Gasteiger partial charge in [-0.25, -0.2) is 4.98 Å². The summed E-state index contributed by atoms with van der Waals surface area (Å²) >= 11 is 5.60. The predicted molar refractivity (Wildman–Crippen MR) is 56.9 cm³/mol. The Morgan fingerprint density at radius 1 is 1.73 bits per heavy atom. The number of aromatic nitrogens is 1. The Morgan fingerprint density at radius 2 is 2.40 bits per heavy atom. The van der Waals surface area contributed by atoms with Crippen molar-refractivity contribution in [3.05, 3.63) is 45.6 Å². The molecule has 15 heavy (non-hydrogen) atoms. The molecule has 80 valence electrons. The van der Waals surface area contributed by atoms with Crippen molar-refractivity contribution in [2.75, 3.05) is 11.9 Å². The third-order valence-electron chi connectivity index (χ3n) is 1.72. The molecule has 0 atom stereocenters. The lowest BCUT2D eigenvalue weighted by Gasteiger charge is -2.16. The van der Waals surface area contributed by atoms with Crippen molar-refractivity contribution in [1.29, 1.82) is 0 Å². The number of nitro groups is 1. The van der Waals surface area contributed by atoms with E-state index in [4.69, 9.17) is 17.3 Å². The van der Waals surface area contributed by atoms with Crippen molar-refractivity contribution in [3.8, 4) is 0 Å². The Labute approximate surface area is 91.1 Å². The van der Waals surface area contributed by atoms with E-state index in [1.165, 1.54) is 11.1 Å². The van der Waals surface area contributed by atoms with Gasteiger partial charge in [0.25, 0.3) is 6.20 Å². The molecule has 1 heterocycles. The van der Waals surface area contributed by atoms with Gasteiger partial charge in [0.15, 0.2) is 5.82 Å². The highest BCUT2D eigenvalue weighted by Gasteiger charge is 2.07. The molecule has 1 aromatic heterocycles. The first-order valence-corrected chi connectivity index (χ1v) is 4.34. The monoisotopic (exact) mass is 228 g/mol. The second-order valence-electron chi connectivity index (χ2n) is 2.74. The van der Waals surface area contributed by atoms with Gasteiger partial charge in [0.05, 0.1) is 16.8 Å². The molecule has 0 aliphatic heterocycles. The van der Waals surface area contributed by atoms with Crippen LogP contribution in [0.25, 0.3) is 0 Å². The van der Waals surface area contributed by atoms with Crippen LogP contribution in [0.15, 0.2) is 30.4 Å². The lowest BCUT2D eigenvalue weighted by molar-refractivity contribution is -0.403. The Bertz CT molecular complexity index is 390. The van der Waals surface area contributed by atoms with E-state index in [0.29, 0.717) is 17.0 Å². The zero-order chi connectivity index (χ0) is 11.4. The smallest absolute Gasteiger partial charge is 0.274 e. The van der Waals surface area contributed by atoms with Crippen molar-refractivity contribution in [1.82, 2.24) is 4.98 Å². The molecule has 0 radical (unpaired) electrons. The minimum absolute atomic E-state index is 0.0177. The summed E-state index contributed by atoms with van der Waals surface area (Å²) < 4.78 is 0. The maximum absolute atomic E-state index is 10.2. The lowest BCUT2D eigenvalue weighted by atomic mass is 10.4. The highest BCUT2D eigenvalue weighted by molar-refractivity contribution is 6.29. The summed E-state index contributed by atoms with van der Waals surface area (Å²) in [6.07, 6.45) is 2.19. The first-order chi connectivity index (χ1) is 7.00. The molecule has 6 nitrogen and oxygen atoms in total. The zero-order valence-electron chi connectivity index (χ0n) is 7.92. The summed E-state index contributed by atoms with van der Waals surface area (Å²) in [5.41, 5.74) is 6.09. The Morgan fingerprint density at radius 3 is 2.87 bits per heavy atom. The second-order valence-corrected chi connectivity index (χ2v) is 3.12. The van der Waals surface area contributed by atoms with Gasteiger partial charge in [-0.05, 0) is 12.1 Å². The fourth-order valence-corrected chi connectivity index (χ4v) is 1.02. The van der Waals surface area contributed by atoms with Crippen molar-refractivity contribution >= 4 is 17.3 Å². The van der Waals surface area contributed by atoms with Crippen LogP contribution >= 0.6 is 11.6 Å². The van der Waals surface area contributed by atoms with E-state index in [2.05, 4.69) is 4.98 Å². The van der Waals surface area contributed by atoms with Crippen LogP contribution in [0.2, 0.25) is 5.15 Å². The summed E-state index contributed by atoms with van der Waals surface area (Å²) in [6.45, 7) is 0. The number of hydrogen-bond donors (Lipinski definition) is 1. The topological polar surface area (TPSA) is 85.3 Å². The van der Waals surface area contributed by atoms with Gasteiger partial charge in [-0.2, -0.15) is 0 Å². The minimum Gasteiger partial charge on any atom is -0.380 e. The highest BCUT2D eigenvalue weighted by Crippen LogP contribution is 2.15. The largest absolute Gasteiger partial charge is 0.380 e. The third kappa shape index (κ3) is 3.10. The molecule has 0 unspecified atom stereocenters. The number of hydrogen-bond acceptors (Lipinski definition) is 5. The summed E-state index contributed by atoms with van der Waals surface area (Å²) in [6, 6.07) is 3.24. The van der Waals surface area contributed by atoms with E-state index in [1.807, 2.05) is 0 Å². The van der Waals surface area contributed by atoms with E-state index in [9.17, 15) is 10.1 Å². The summed E-state index contributed by atoms with van der Waals surface area (Å²) in [4.78, 5) is 14.8. The number of rotatable bonds is 3. The van der Waals surface area contributed by atoms with Gasteiger partial charge in [0, 0.05) is 7.05 Å². The van der Waals surface area contributed by atoms with E-state index in [-0.39, 0.29) is 5.82 Å². The van der Waals surface area contributed by atoms with Gasteiger partial charge in [-0.3, -0.25) is 10.1 Å². The molecule has 0 saturated carbocycles. The maximum Gasteiger partial charge on any atom is 0.274 e. The molecule has 0 saturated heterocycles. The molecule has 7 heteroatoms. The first kappa shape index (κ1) is 11.3. The maximum atomic E-state index is 10.2. The quantitative estimate of drug-likeness (QED) is 0.477. The predicted octanol–water partition coefficient (Wildman–Crippen LogP) is 1.21. The van der Waals surface area contributed by atoms with E-state index in [1.54, 1.807) is 19.2 Å². The molecule has 0 aromatic carbocycles. The number of halogens is 1. The van der Waals surface area contributed by atoms with E-state index < -0.39 is 4.92 Å². The van der Waals surface area contributed by atoms with Crippen molar-refractivity contribution < 1.29 is 4.92 Å². The molecule has 0 bridgehead atoms. The van der Waals surface area contributed by atoms with Gasteiger partial charge in [-0.15, -0.1) is 0 Å². The average Bonchev–Trinajstić information content (AvgIpc) is 2.17. The van der Waals surface area contributed by atoms with Crippen LogP contribution in [-0.4, -0.2) is 17.0 Å². The molecule has 0 amide bonds. The first-order valence-electron chi connectivity index (χ1n) is 3.97. The number of nitrogens with zero attached hydrogens (tertiary/aromatic N) is 3. The number of nitrogens with two attached hydrogens (primary N) is 1. The highest BCUT2D eigenvalue weighted by atomic mass is 35.5. The molecule has 1 aromatic rings. The van der Waals surface area contributed by atoms with Gasteiger partial charge in [0.2, 0.25) is 0 Å². The second kappa shape index (κ2) is 4.61. The summed E-state index contributed by atoms with van der Waals surface area (Å²) in [5, 5.41) is 10.5. The molecule has 2 N–H and O–H groups in total. The van der Waals surface area contributed by atoms with Crippen LogP contribution in [0.3, 0.4) is 0 Å². The standard InChI is InChI=1S/C8H9ClN4O2/c1-12(8(10)5-13(14)15)6-2-3-7(9)11-4-6/h2-5H,10H2,1H3/b8-5+. The fraction of sp³-hybridized carbons (Fsp3) is 0.125. The van der Waals surface area contributed by atoms with Crippen LogP contribution in [0.1, 0.15) is 0 Å². The third-order valence-corrected chi connectivity index (χ3v) is 1.95. The molecule has 0 fully saturated rings. The van der Waals surface area contributed by atoms with Crippen LogP contribution in [0, 0.1) is 10.1 Å². The number of pyridine rings is 1. The van der Waals surface area contributed by atoms with Crippen LogP contribution in [0.4, 0.5) is 5.69 Å². The Hall–Kier alpha value is -1.82. The van der Waals surface area contributed by atoms with E-state index in [0.717, 1.165) is 0 Å².